The van der Waals surface area contributed by atoms with Crippen LogP contribution in [0.2, 0.25) is 0 Å². The largest absolute Gasteiger partial charge is 0.473 e. The molecule has 0 bridgehead atoms. The van der Waals surface area contributed by atoms with Gasteiger partial charge in [-0.25, -0.2) is 4.98 Å². The molecule has 0 aromatic carbocycles. The highest BCUT2D eigenvalue weighted by Crippen LogP contribution is 2.54. The first-order chi connectivity index (χ1) is 9.13. The number of rotatable bonds is 4. The third-order valence-corrected chi connectivity index (χ3v) is 3.99. The molecule has 2 unspecified atom stereocenters. The van der Waals surface area contributed by atoms with Gasteiger partial charge in [-0.3, -0.25) is 4.79 Å². The number of ether oxygens (including phenoxy) is 1. The second-order valence-corrected chi connectivity index (χ2v) is 5.94. The second kappa shape index (κ2) is 4.83. The number of hydrogen-bond acceptors (Lipinski definition) is 3. The van der Waals surface area contributed by atoms with E-state index in [1.165, 1.54) is 6.42 Å². The minimum atomic E-state index is 0.0460. The second-order valence-electron chi connectivity index (χ2n) is 5.94. The van der Waals surface area contributed by atoms with Crippen molar-refractivity contribution in [2.24, 2.45) is 17.8 Å². The van der Waals surface area contributed by atoms with Crippen LogP contribution in [-0.4, -0.2) is 17.0 Å². The molecule has 1 N–H and O–H groups in total. The van der Waals surface area contributed by atoms with Crippen molar-refractivity contribution in [1.82, 2.24) is 4.98 Å². The van der Waals surface area contributed by atoms with Crippen molar-refractivity contribution in [3.05, 3.63) is 18.3 Å². The van der Waals surface area contributed by atoms with Gasteiger partial charge in [-0.1, -0.05) is 0 Å². The van der Waals surface area contributed by atoms with E-state index < -0.39 is 0 Å². The van der Waals surface area contributed by atoms with Crippen LogP contribution in [0.3, 0.4) is 0 Å². The predicted molar refractivity (Wildman–Crippen MR) is 73.0 cm³/mol. The average molecular weight is 260 g/mol. The lowest BCUT2D eigenvalue weighted by Gasteiger charge is -2.16. The molecule has 1 aromatic rings. The predicted octanol–water partition coefficient (Wildman–Crippen LogP) is 2.85. The molecule has 2 fully saturated rings. The Morgan fingerprint density at radius 2 is 2.11 bits per heavy atom. The number of carbonyl (C=O) groups excluding carboxylic acids is 1. The molecule has 0 spiro atoms. The zero-order valence-electron chi connectivity index (χ0n) is 11.4. The van der Waals surface area contributed by atoms with Crippen molar-refractivity contribution >= 4 is 11.6 Å². The molecular formula is C15H20N2O2. The van der Waals surface area contributed by atoms with E-state index >= 15 is 0 Å². The molecule has 1 amide bonds. The highest BCUT2D eigenvalue weighted by molar-refractivity contribution is 5.93. The van der Waals surface area contributed by atoms with Crippen molar-refractivity contribution in [2.75, 3.05) is 5.32 Å². The van der Waals surface area contributed by atoms with E-state index in [-0.39, 0.29) is 17.9 Å². The first-order valence-electron chi connectivity index (χ1n) is 7.06. The normalized spacial score (nSPS) is 28.1. The number of nitrogens with zero attached hydrogens (tertiary/aromatic N) is 1. The van der Waals surface area contributed by atoms with Gasteiger partial charge < -0.3 is 10.1 Å². The zero-order valence-corrected chi connectivity index (χ0v) is 11.4. The molecule has 2 atom stereocenters. The summed E-state index contributed by atoms with van der Waals surface area (Å²) in [6.07, 6.45) is 5.16. The Balaban J connectivity index is 1.66. The van der Waals surface area contributed by atoms with Gasteiger partial charge in [-0.05, 0) is 57.1 Å². The SMILES string of the molecule is CC(C)Oc1ncccc1NC(=O)C1CC2CC2C1. The highest BCUT2D eigenvalue weighted by Gasteiger charge is 2.48. The van der Waals surface area contributed by atoms with E-state index in [1.54, 1.807) is 6.20 Å². The third kappa shape index (κ3) is 2.72. The van der Waals surface area contributed by atoms with Gasteiger partial charge in [-0.15, -0.1) is 0 Å². The first kappa shape index (κ1) is 12.5. The van der Waals surface area contributed by atoms with Crippen molar-refractivity contribution in [3.8, 4) is 5.88 Å². The number of hydrogen-bond donors (Lipinski definition) is 1. The van der Waals surface area contributed by atoms with E-state index in [0.717, 1.165) is 24.7 Å². The minimum Gasteiger partial charge on any atom is -0.473 e. The summed E-state index contributed by atoms with van der Waals surface area (Å²) in [5.74, 6) is 2.44. The fourth-order valence-electron chi connectivity index (χ4n) is 2.97. The van der Waals surface area contributed by atoms with E-state index in [2.05, 4.69) is 10.3 Å². The quantitative estimate of drug-likeness (QED) is 0.905. The van der Waals surface area contributed by atoms with E-state index in [1.807, 2.05) is 26.0 Å². The van der Waals surface area contributed by atoms with Crippen LogP contribution in [0.25, 0.3) is 0 Å². The number of amides is 1. The molecule has 19 heavy (non-hydrogen) atoms. The molecule has 2 aliphatic rings. The summed E-state index contributed by atoms with van der Waals surface area (Å²) in [4.78, 5) is 16.4. The Labute approximate surface area is 113 Å². The maximum Gasteiger partial charge on any atom is 0.238 e. The molecule has 2 aliphatic carbocycles. The Bertz CT molecular complexity index is 477. The molecular weight excluding hydrogens is 240 g/mol. The first-order valence-corrected chi connectivity index (χ1v) is 7.06. The van der Waals surface area contributed by atoms with Crippen molar-refractivity contribution in [2.45, 2.75) is 39.2 Å². The topological polar surface area (TPSA) is 51.2 Å². The summed E-state index contributed by atoms with van der Waals surface area (Å²) in [6, 6.07) is 3.66. The number of anilines is 1. The molecule has 4 heteroatoms. The van der Waals surface area contributed by atoms with Gasteiger partial charge in [0.15, 0.2) is 0 Å². The van der Waals surface area contributed by atoms with Gasteiger partial charge in [0.1, 0.15) is 5.69 Å². The van der Waals surface area contributed by atoms with Gasteiger partial charge in [0.2, 0.25) is 11.8 Å². The average Bonchev–Trinajstić information content (AvgIpc) is 2.98. The molecule has 1 heterocycles. The van der Waals surface area contributed by atoms with Crippen LogP contribution in [0, 0.1) is 17.8 Å². The summed E-state index contributed by atoms with van der Waals surface area (Å²) < 4.78 is 5.61. The molecule has 4 nitrogen and oxygen atoms in total. The van der Waals surface area contributed by atoms with E-state index in [0.29, 0.717) is 11.6 Å². The number of aromatic nitrogens is 1. The Kier molecular flexibility index (Phi) is 3.17. The zero-order chi connectivity index (χ0) is 13.4. The lowest BCUT2D eigenvalue weighted by molar-refractivity contribution is -0.120. The Morgan fingerprint density at radius 3 is 2.79 bits per heavy atom. The summed E-state index contributed by atoms with van der Waals surface area (Å²) in [6.45, 7) is 3.90. The summed E-state index contributed by atoms with van der Waals surface area (Å²) >= 11 is 0. The summed E-state index contributed by atoms with van der Waals surface area (Å²) in [5, 5.41) is 2.97. The van der Waals surface area contributed by atoms with Gasteiger partial charge >= 0.3 is 0 Å². The monoisotopic (exact) mass is 260 g/mol. The van der Waals surface area contributed by atoms with Crippen LogP contribution in [0.1, 0.15) is 33.1 Å². The van der Waals surface area contributed by atoms with Gasteiger partial charge in [0.25, 0.3) is 0 Å². The van der Waals surface area contributed by atoms with E-state index in [9.17, 15) is 4.79 Å². The lowest BCUT2D eigenvalue weighted by atomic mass is 10.0. The number of pyridine rings is 1. The molecule has 0 aliphatic heterocycles. The van der Waals surface area contributed by atoms with Crippen molar-refractivity contribution in [1.29, 1.82) is 0 Å². The fourth-order valence-corrected chi connectivity index (χ4v) is 2.97. The van der Waals surface area contributed by atoms with Crippen LogP contribution in [0.15, 0.2) is 18.3 Å². The maximum atomic E-state index is 12.2. The molecule has 1 aromatic heterocycles. The van der Waals surface area contributed by atoms with Gasteiger partial charge in [0.05, 0.1) is 6.10 Å². The molecule has 0 radical (unpaired) electrons. The molecule has 102 valence electrons. The Morgan fingerprint density at radius 1 is 1.37 bits per heavy atom. The minimum absolute atomic E-state index is 0.0460. The van der Waals surface area contributed by atoms with Crippen LogP contribution < -0.4 is 10.1 Å². The van der Waals surface area contributed by atoms with Gasteiger partial charge in [0, 0.05) is 12.1 Å². The number of nitrogens with one attached hydrogen (secondary N) is 1. The maximum absolute atomic E-state index is 12.2. The van der Waals surface area contributed by atoms with Crippen LogP contribution >= 0.6 is 0 Å². The van der Waals surface area contributed by atoms with Crippen LogP contribution in [-0.2, 0) is 4.79 Å². The number of carbonyl (C=O) groups is 1. The standard InChI is InChI=1S/C15H20N2O2/c1-9(2)19-15-13(4-3-5-16-15)17-14(18)12-7-10-6-11(10)8-12/h3-5,9-12H,6-8H2,1-2H3,(H,17,18). The molecule has 2 saturated carbocycles. The van der Waals surface area contributed by atoms with Crippen LogP contribution in [0.4, 0.5) is 5.69 Å². The smallest absolute Gasteiger partial charge is 0.238 e. The molecule has 0 saturated heterocycles. The van der Waals surface area contributed by atoms with Crippen molar-refractivity contribution in [3.63, 3.8) is 0 Å². The van der Waals surface area contributed by atoms with E-state index in [4.69, 9.17) is 4.74 Å². The van der Waals surface area contributed by atoms with Gasteiger partial charge in [-0.2, -0.15) is 0 Å². The van der Waals surface area contributed by atoms with Crippen molar-refractivity contribution < 1.29 is 9.53 Å². The summed E-state index contributed by atoms with van der Waals surface area (Å²) in [5.41, 5.74) is 0.682. The third-order valence-electron chi connectivity index (χ3n) is 3.99. The lowest BCUT2D eigenvalue weighted by Crippen LogP contribution is -2.22. The molecule has 3 rings (SSSR count). The Hall–Kier alpha value is -1.58. The fraction of sp³-hybridized carbons (Fsp3) is 0.600. The highest BCUT2D eigenvalue weighted by atomic mass is 16.5. The number of fused-ring (bicyclic) bond motifs is 1. The summed E-state index contributed by atoms with van der Waals surface area (Å²) in [7, 11) is 0. The van der Waals surface area contributed by atoms with Crippen LogP contribution in [0.5, 0.6) is 5.88 Å².